The summed E-state index contributed by atoms with van der Waals surface area (Å²) in [5, 5.41) is 0.672. The zero-order chi connectivity index (χ0) is 13.8. The van der Waals surface area contributed by atoms with Crippen molar-refractivity contribution in [2.75, 3.05) is 16.9 Å². The number of halogens is 1. The van der Waals surface area contributed by atoms with Crippen LogP contribution >= 0.6 is 11.6 Å². The Hall–Kier alpha value is -2.18. The van der Waals surface area contributed by atoms with E-state index in [1.54, 1.807) is 18.2 Å². The molecule has 6 nitrogen and oxygen atoms in total. The second-order valence-corrected chi connectivity index (χ2v) is 4.30. The lowest BCUT2D eigenvalue weighted by Crippen LogP contribution is -2.13. The van der Waals surface area contributed by atoms with Crippen LogP contribution in [0.4, 0.5) is 17.3 Å². The molecular formula is C12H14ClN5O. The lowest BCUT2D eigenvalue weighted by Gasteiger charge is -2.12. The smallest absolute Gasteiger partial charge is 0.169 e. The van der Waals surface area contributed by atoms with E-state index in [1.807, 2.05) is 12.1 Å². The number of nitrogens with one attached hydrogen (secondary N) is 1. The Labute approximate surface area is 115 Å². The summed E-state index contributed by atoms with van der Waals surface area (Å²) in [6, 6.07) is 8.86. The quantitative estimate of drug-likeness (QED) is 0.501. The Kier molecular flexibility index (Phi) is 3.94. The fraction of sp³-hybridized carbons (Fsp3) is 0.0833. The van der Waals surface area contributed by atoms with Crippen LogP contribution in [0, 0.1) is 0 Å². The summed E-state index contributed by atoms with van der Waals surface area (Å²) in [6.07, 6.45) is 0. The zero-order valence-electron chi connectivity index (χ0n) is 10.1. The molecule has 0 amide bonds. The third kappa shape index (κ3) is 3.18. The summed E-state index contributed by atoms with van der Waals surface area (Å²) < 4.78 is 5.60. The van der Waals surface area contributed by atoms with E-state index in [0.717, 1.165) is 5.56 Å². The van der Waals surface area contributed by atoms with Crippen LogP contribution in [0.15, 0.2) is 30.3 Å². The van der Waals surface area contributed by atoms with Crippen molar-refractivity contribution in [2.24, 2.45) is 5.84 Å². The van der Waals surface area contributed by atoms with E-state index in [1.165, 1.54) is 0 Å². The molecule has 0 atom stereocenters. The average molecular weight is 280 g/mol. The van der Waals surface area contributed by atoms with Gasteiger partial charge in [0.15, 0.2) is 5.82 Å². The molecule has 2 aromatic rings. The molecule has 0 aliphatic heterocycles. The molecule has 1 aromatic heterocycles. The first-order valence-electron chi connectivity index (χ1n) is 5.50. The number of nitrogens with two attached hydrogens (primary N) is 3. The lowest BCUT2D eigenvalue weighted by atomic mass is 10.2. The second-order valence-electron chi connectivity index (χ2n) is 3.87. The molecule has 0 radical (unpaired) electrons. The Morgan fingerprint density at radius 3 is 2.53 bits per heavy atom. The summed E-state index contributed by atoms with van der Waals surface area (Å²) in [5.41, 5.74) is 15.1. The topological polar surface area (TPSA) is 112 Å². The largest absolute Gasteiger partial charge is 0.486 e. The van der Waals surface area contributed by atoms with Crippen LogP contribution in [0.5, 0.6) is 5.75 Å². The van der Waals surface area contributed by atoms with E-state index < -0.39 is 0 Å². The van der Waals surface area contributed by atoms with Gasteiger partial charge in [-0.05, 0) is 17.7 Å². The molecule has 0 saturated carbocycles. The van der Waals surface area contributed by atoms with Gasteiger partial charge in [0.1, 0.15) is 23.9 Å². The van der Waals surface area contributed by atoms with E-state index in [4.69, 9.17) is 33.6 Å². The number of nitrogens with zero attached hydrogens (tertiary/aromatic N) is 1. The van der Waals surface area contributed by atoms with Crippen LogP contribution in [-0.2, 0) is 6.61 Å². The van der Waals surface area contributed by atoms with E-state index in [9.17, 15) is 0 Å². The van der Waals surface area contributed by atoms with Crippen LogP contribution in [0.25, 0.3) is 0 Å². The Morgan fingerprint density at radius 1 is 1.21 bits per heavy atom. The molecule has 0 saturated heterocycles. The number of rotatable bonds is 4. The zero-order valence-corrected chi connectivity index (χ0v) is 10.8. The first kappa shape index (κ1) is 13.3. The fourth-order valence-corrected chi connectivity index (χ4v) is 1.65. The van der Waals surface area contributed by atoms with Gasteiger partial charge in [-0.25, -0.2) is 10.8 Å². The lowest BCUT2D eigenvalue weighted by molar-refractivity contribution is 0.308. The van der Waals surface area contributed by atoms with Gasteiger partial charge in [-0.15, -0.1) is 0 Å². The van der Waals surface area contributed by atoms with Crippen molar-refractivity contribution >= 4 is 28.9 Å². The highest BCUT2D eigenvalue weighted by Gasteiger charge is 2.09. The number of hydrogen-bond acceptors (Lipinski definition) is 6. The van der Waals surface area contributed by atoms with Gasteiger partial charge in [0.2, 0.25) is 0 Å². The molecule has 0 spiro atoms. The highest BCUT2D eigenvalue weighted by Crippen LogP contribution is 2.30. The number of pyridine rings is 1. The summed E-state index contributed by atoms with van der Waals surface area (Å²) in [4.78, 5) is 3.94. The first-order valence-corrected chi connectivity index (χ1v) is 5.88. The summed E-state index contributed by atoms with van der Waals surface area (Å²) in [7, 11) is 0. The fourth-order valence-electron chi connectivity index (χ4n) is 1.52. The first-order chi connectivity index (χ1) is 9.10. The molecule has 19 heavy (non-hydrogen) atoms. The highest BCUT2D eigenvalue weighted by molar-refractivity contribution is 6.30. The molecular weight excluding hydrogens is 266 g/mol. The minimum Gasteiger partial charge on any atom is -0.486 e. The number of hydrazine groups is 1. The van der Waals surface area contributed by atoms with Gasteiger partial charge >= 0.3 is 0 Å². The molecule has 0 unspecified atom stereocenters. The third-order valence-corrected chi connectivity index (χ3v) is 2.74. The Morgan fingerprint density at radius 2 is 1.89 bits per heavy atom. The second kappa shape index (κ2) is 5.64. The average Bonchev–Trinajstić information content (AvgIpc) is 2.41. The van der Waals surface area contributed by atoms with Crippen LogP contribution in [0.3, 0.4) is 0 Å². The van der Waals surface area contributed by atoms with Crippen molar-refractivity contribution in [3.8, 4) is 5.75 Å². The predicted octanol–water partition coefficient (Wildman–Crippen LogP) is 1.76. The molecule has 1 aromatic carbocycles. The van der Waals surface area contributed by atoms with E-state index in [0.29, 0.717) is 23.1 Å². The maximum absolute atomic E-state index is 5.84. The van der Waals surface area contributed by atoms with E-state index >= 15 is 0 Å². The SMILES string of the molecule is NNc1nc(N)cc(OCc2ccc(Cl)cc2)c1N. The molecule has 2 rings (SSSR count). The van der Waals surface area contributed by atoms with Gasteiger partial charge in [0, 0.05) is 11.1 Å². The van der Waals surface area contributed by atoms with Crippen molar-refractivity contribution in [1.29, 1.82) is 0 Å². The molecule has 100 valence electrons. The monoisotopic (exact) mass is 279 g/mol. The molecule has 7 heteroatoms. The minimum atomic E-state index is 0.272. The van der Waals surface area contributed by atoms with E-state index in [-0.39, 0.29) is 11.6 Å². The summed E-state index contributed by atoms with van der Waals surface area (Å²) >= 11 is 5.81. The van der Waals surface area contributed by atoms with Gasteiger partial charge < -0.3 is 21.6 Å². The van der Waals surface area contributed by atoms with Gasteiger partial charge in [0.05, 0.1) is 0 Å². The highest BCUT2D eigenvalue weighted by atomic mass is 35.5. The van der Waals surface area contributed by atoms with Crippen molar-refractivity contribution in [1.82, 2.24) is 4.98 Å². The predicted molar refractivity (Wildman–Crippen MR) is 76.7 cm³/mol. The van der Waals surface area contributed by atoms with Crippen molar-refractivity contribution in [3.05, 3.63) is 40.9 Å². The van der Waals surface area contributed by atoms with E-state index in [2.05, 4.69) is 10.4 Å². The Bertz CT molecular complexity index is 573. The standard InChI is InChI=1S/C12H14ClN5O/c13-8-3-1-7(2-4-8)6-19-9-5-10(14)17-12(18-16)11(9)15/h1-5H,6,15-16H2,(H3,14,17,18). The van der Waals surface area contributed by atoms with Gasteiger partial charge in [-0.3, -0.25) is 0 Å². The molecule has 0 aliphatic rings. The number of aromatic nitrogens is 1. The van der Waals surface area contributed by atoms with Crippen LogP contribution in [-0.4, -0.2) is 4.98 Å². The summed E-state index contributed by atoms with van der Waals surface area (Å²) in [5.74, 6) is 6.28. The number of nitrogen functional groups attached to an aromatic ring is 3. The molecule has 7 N–H and O–H groups in total. The van der Waals surface area contributed by atoms with Crippen molar-refractivity contribution < 1.29 is 4.74 Å². The maximum atomic E-state index is 5.84. The number of anilines is 3. The number of benzene rings is 1. The number of hydrogen-bond donors (Lipinski definition) is 4. The molecule has 1 heterocycles. The van der Waals surface area contributed by atoms with Crippen LogP contribution in [0.1, 0.15) is 5.56 Å². The maximum Gasteiger partial charge on any atom is 0.169 e. The minimum absolute atomic E-state index is 0.272. The molecule has 0 bridgehead atoms. The third-order valence-electron chi connectivity index (χ3n) is 2.48. The molecule has 0 fully saturated rings. The van der Waals surface area contributed by atoms with Crippen LogP contribution in [0.2, 0.25) is 5.02 Å². The van der Waals surface area contributed by atoms with Gasteiger partial charge in [-0.1, -0.05) is 23.7 Å². The molecule has 0 aliphatic carbocycles. The van der Waals surface area contributed by atoms with Gasteiger partial charge in [0.25, 0.3) is 0 Å². The normalized spacial score (nSPS) is 10.2. The van der Waals surface area contributed by atoms with Crippen molar-refractivity contribution in [2.45, 2.75) is 6.61 Å². The Balaban J connectivity index is 2.15. The van der Waals surface area contributed by atoms with Gasteiger partial charge in [-0.2, -0.15) is 0 Å². The number of ether oxygens (including phenoxy) is 1. The van der Waals surface area contributed by atoms with Crippen molar-refractivity contribution in [3.63, 3.8) is 0 Å². The summed E-state index contributed by atoms with van der Waals surface area (Å²) in [6.45, 7) is 0.342. The van der Waals surface area contributed by atoms with Crippen LogP contribution < -0.4 is 27.5 Å².